The van der Waals surface area contributed by atoms with Crippen molar-refractivity contribution in [3.05, 3.63) is 57.6 Å². The van der Waals surface area contributed by atoms with Gasteiger partial charge in [-0.2, -0.15) is 0 Å². The molecule has 0 aliphatic heterocycles. The monoisotopic (exact) mass is 366 g/mol. The van der Waals surface area contributed by atoms with Gasteiger partial charge in [-0.05, 0) is 63.8 Å². The molecule has 0 aliphatic rings. The number of hydrogen-bond acceptors (Lipinski definition) is 4. The van der Waals surface area contributed by atoms with Crippen molar-refractivity contribution in [2.45, 2.75) is 51.3 Å². The first-order valence-corrected chi connectivity index (χ1v) is 11.0. The van der Waals surface area contributed by atoms with Crippen LogP contribution in [0.15, 0.2) is 34.1 Å². The molecule has 0 N–H and O–H groups in total. The summed E-state index contributed by atoms with van der Waals surface area (Å²) in [5.74, 6) is 0. The van der Waals surface area contributed by atoms with E-state index in [-0.39, 0.29) is 9.79 Å². The van der Waals surface area contributed by atoms with E-state index in [1.54, 1.807) is 52.0 Å². The fourth-order valence-corrected chi connectivity index (χ4v) is 8.49. The van der Waals surface area contributed by atoms with Crippen LogP contribution in [0.4, 0.5) is 0 Å². The smallest absolute Gasteiger partial charge is 0.207 e. The molecule has 0 aliphatic carbocycles. The molecule has 0 radical (unpaired) electrons. The maximum atomic E-state index is 13.0. The molecule has 130 valence electrons. The summed E-state index contributed by atoms with van der Waals surface area (Å²) in [6.45, 7) is 10.2. The highest BCUT2D eigenvalue weighted by molar-refractivity contribution is 8.67. The molecule has 4 nitrogen and oxygen atoms in total. The third-order valence-electron chi connectivity index (χ3n) is 4.00. The first-order chi connectivity index (χ1) is 10.9. The van der Waals surface area contributed by atoms with E-state index in [4.69, 9.17) is 0 Å². The lowest BCUT2D eigenvalue weighted by atomic mass is 10.1. The van der Waals surface area contributed by atoms with Crippen LogP contribution >= 0.6 is 0 Å². The molecule has 0 aromatic heterocycles. The van der Waals surface area contributed by atoms with E-state index in [1.807, 2.05) is 13.8 Å². The minimum Gasteiger partial charge on any atom is -0.207 e. The standard InChI is InChI=1S/C18H22O4S2/c1-11-7-13(3)17(14(4)8-11)23(19,20)24(21,22)18-15(5)9-12(2)10-16(18)6/h7-10H,1-6H3. The molecule has 24 heavy (non-hydrogen) atoms. The Morgan fingerprint density at radius 1 is 0.500 bits per heavy atom. The highest BCUT2D eigenvalue weighted by atomic mass is 33.2. The summed E-state index contributed by atoms with van der Waals surface area (Å²) >= 11 is 0. The molecule has 6 heteroatoms. The molecule has 0 saturated carbocycles. The second-order valence-corrected chi connectivity index (χ2v) is 11.6. The third kappa shape index (κ3) is 2.89. The van der Waals surface area contributed by atoms with E-state index in [9.17, 15) is 16.8 Å². The van der Waals surface area contributed by atoms with Crippen molar-refractivity contribution in [1.82, 2.24) is 0 Å². The van der Waals surface area contributed by atoms with Crippen LogP contribution in [0.3, 0.4) is 0 Å². The second-order valence-electron chi connectivity index (χ2n) is 6.36. The molecule has 2 rings (SSSR count). The van der Waals surface area contributed by atoms with Gasteiger partial charge in [-0.25, -0.2) is 16.8 Å². The number of benzene rings is 2. The fourth-order valence-electron chi connectivity index (χ4n) is 3.34. The lowest BCUT2D eigenvalue weighted by molar-refractivity contribution is 0.581. The van der Waals surface area contributed by atoms with E-state index >= 15 is 0 Å². The average Bonchev–Trinajstić information content (AvgIpc) is 2.34. The van der Waals surface area contributed by atoms with Crippen LogP contribution in [-0.2, 0) is 17.7 Å². The van der Waals surface area contributed by atoms with Crippen LogP contribution in [0.25, 0.3) is 0 Å². The van der Waals surface area contributed by atoms with Gasteiger partial charge in [0.1, 0.15) is 0 Å². The summed E-state index contributed by atoms with van der Waals surface area (Å²) < 4.78 is 52.0. The van der Waals surface area contributed by atoms with Gasteiger partial charge in [0, 0.05) is 0 Å². The molecule has 0 bridgehead atoms. The van der Waals surface area contributed by atoms with Crippen molar-refractivity contribution in [2.75, 3.05) is 0 Å². The van der Waals surface area contributed by atoms with E-state index in [2.05, 4.69) is 0 Å². The molecule has 0 unspecified atom stereocenters. The summed E-state index contributed by atoms with van der Waals surface area (Å²) in [5, 5.41) is 0. The maximum absolute atomic E-state index is 13.0. The van der Waals surface area contributed by atoms with Crippen LogP contribution in [0.5, 0.6) is 0 Å². The molecule has 0 fully saturated rings. The van der Waals surface area contributed by atoms with E-state index in [1.165, 1.54) is 0 Å². The molecule has 2 aromatic carbocycles. The number of hydrogen-bond donors (Lipinski definition) is 0. The van der Waals surface area contributed by atoms with Crippen molar-refractivity contribution in [3.63, 3.8) is 0 Å². The van der Waals surface area contributed by atoms with Gasteiger partial charge in [0.15, 0.2) is 0 Å². The molecule has 0 atom stereocenters. The lowest BCUT2D eigenvalue weighted by Gasteiger charge is -2.16. The topological polar surface area (TPSA) is 68.3 Å². The quantitative estimate of drug-likeness (QED) is 0.777. The van der Waals surface area contributed by atoms with E-state index in [0.29, 0.717) is 22.3 Å². The van der Waals surface area contributed by atoms with Crippen molar-refractivity contribution >= 4 is 17.7 Å². The van der Waals surface area contributed by atoms with Gasteiger partial charge in [0.25, 0.3) is 17.7 Å². The Balaban J connectivity index is 2.84. The zero-order chi connectivity index (χ0) is 18.4. The summed E-state index contributed by atoms with van der Waals surface area (Å²) in [6.07, 6.45) is 0. The minimum absolute atomic E-state index is 0.118. The Labute approximate surface area is 143 Å². The van der Waals surface area contributed by atoms with Crippen molar-refractivity contribution in [1.29, 1.82) is 0 Å². The SMILES string of the molecule is Cc1cc(C)c(S(=O)(=O)S(=O)(=O)c2c(C)cc(C)cc2C)c(C)c1. The van der Waals surface area contributed by atoms with Crippen LogP contribution in [0.1, 0.15) is 33.4 Å². The Morgan fingerprint density at radius 2 is 0.708 bits per heavy atom. The van der Waals surface area contributed by atoms with E-state index in [0.717, 1.165) is 11.1 Å². The summed E-state index contributed by atoms with van der Waals surface area (Å²) in [6, 6.07) is 6.74. The maximum Gasteiger partial charge on any atom is 0.286 e. The van der Waals surface area contributed by atoms with Gasteiger partial charge in [0.2, 0.25) is 0 Å². The largest absolute Gasteiger partial charge is 0.286 e. The van der Waals surface area contributed by atoms with Gasteiger partial charge < -0.3 is 0 Å². The number of rotatable bonds is 3. The molecule has 0 amide bonds. The Hall–Kier alpha value is -1.66. The van der Waals surface area contributed by atoms with Crippen LogP contribution in [-0.4, -0.2) is 16.8 Å². The summed E-state index contributed by atoms with van der Waals surface area (Å²) in [4.78, 5) is -0.236. The minimum atomic E-state index is -4.56. The molecule has 0 spiro atoms. The zero-order valence-corrected chi connectivity index (χ0v) is 16.4. The normalized spacial score (nSPS) is 12.4. The zero-order valence-electron chi connectivity index (χ0n) is 14.8. The predicted octanol–water partition coefficient (Wildman–Crippen LogP) is 3.70. The van der Waals surface area contributed by atoms with Crippen LogP contribution in [0.2, 0.25) is 0 Å². The summed E-state index contributed by atoms with van der Waals surface area (Å²) in [5.41, 5.74) is 3.56. The van der Waals surface area contributed by atoms with Crippen LogP contribution in [0, 0.1) is 41.5 Å². The Bertz CT molecular complexity index is 899. The van der Waals surface area contributed by atoms with Crippen molar-refractivity contribution < 1.29 is 16.8 Å². The van der Waals surface area contributed by atoms with Gasteiger partial charge >= 0.3 is 0 Å². The Morgan fingerprint density at radius 3 is 0.917 bits per heavy atom. The van der Waals surface area contributed by atoms with Crippen LogP contribution < -0.4 is 0 Å². The Kier molecular flexibility index (Phi) is 4.67. The molecular weight excluding hydrogens is 344 g/mol. The highest BCUT2D eigenvalue weighted by Crippen LogP contribution is 2.33. The molecule has 0 saturated heterocycles. The lowest BCUT2D eigenvalue weighted by Crippen LogP contribution is -2.20. The van der Waals surface area contributed by atoms with Crippen molar-refractivity contribution in [2.24, 2.45) is 0 Å². The first-order valence-electron chi connectivity index (χ1n) is 7.55. The third-order valence-corrected chi connectivity index (χ3v) is 9.60. The number of aryl methyl sites for hydroxylation is 6. The van der Waals surface area contributed by atoms with E-state index < -0.39 is 17.7 Å². The van der Waals surface area contributed by atoms with Crippen molar-refractivity contribution in [3.8, 4) is 0 Å². The first kappa shape index (κ1) is 18.7. The molecule has 0 heterocycles. The van der Waals surface area contributed by atoms with Gasteiger partial charge in [-0.1, -0.05) is 35.4 Å². The molecular formula is C18H22O4S2. The predicted molar refractivity (Wildman–Crippen MR) is 95.7 cm³/mol. The fraction of sp³-hybridized carbons (Fsp3) is 0.333. The average molecular weight is 367 g/mol. The van der Waals surface area contributed by atoms with Gasteiger partial charge in [-0.15, -0.1) is 0 Å². The highest BCUT2D eigenvalue weighted by Gasteiger charge is 2.38. The van der Waals surface area contributed by atoms with Gasteiger partial charge in [0.05, 0.1) is 9.79 Å². The summed E-state index contributed by atoms with van der Waals surface area (Å²) in [7, 11) is -9.11. The second kappa shape index (κ2) is 6.01. The van der Waals surface area contributed by atoms with Gasteiger partial charge in [-0.3, -0.25) is 0 Å². The molecule has 2 aromatic rings.